The van der Waals surface area contributed by atoms with Crippen LogP contribution >= 0.6 is 0 Å². The molecule has 0 rings (SSSR count). The molecule has 0 saturated heterocycles. The highest BCUT2D eigenvalue weighted by Gasteiger charge is 2.18. The lowest BCUT2D eigenvalue weighted by molar-refractivity contribution is -0.914. The number of quaternary nitrogens is 1. The van der Waals surface area contributed by atoms with E-state index in [1.54, 1.807) is 0 Å². The van der Waals surface area contributed by atoms with Gasteiger partial charge in [-0.25, -0.2) is 0 Å². The summed E-state index contributed by atoms with van der Waals surface area (Å²) in [5.41, 5.74) is 0. The van der Waals surface area contributed by atoms with Gasteiger partial charge in [0.1, 0.15) is 0 Å². The van der Waals surface area contributed by atoms with E-state index in [4.69, 9.17) is 0 Å². The molecule has 0 aromatic rings. The first kappa shape index (κ1) is 15.2. The lowest BCUT2D eigenvalue weighted by Gasteiger charge is -2.34. The molecule has 0 bridgehead atoms. The number of hydrogen-bond acceptors (Lipinski definition) is 0. The number of allylic oxidation sites excluding steroid dienone is 1. The van der Waals surface area contributed by atoms with E-state index in [9.17, 15) is 0 Å². The van der Waals surface area contributed by atoms with E-state index in [1.807, 2.05) is 6.08 Å². The Hall–Kier alpha value is -0.270. The molecule has 0 atom stereocenters. The van der Waals surface area contributed by atoms with Gasteiger partial charge < -0.3 is 16.9 Å². The molecule has 0 spiro atoms. The molecule has 0 N–H and O–H groups in total. The van der Waals surface area contributed by atoms with Crippen LogP contribution in [0.15, 0.2) is 24.8 Å². The van der Waals surface area contributed by atoms with Gasteiger partial charge >= 0.3 is 0 Å². The van der Waals surface area contributed by atoms with Gasteiger partial charge in [0.25, 0.3) is 0 Å². The fraction of sp³-hybridized carbons (Fsp3) is 0.636. The Labute approximate surface area is 89.1 Å². The molecule has 0 aromatic heterocycles. The third kappa shape index (κ3) is 5.12. The summed E-state index contributed by atoms with van der Waals surface area (Å²) in [4.78, 5) is 0. The van der Waals surface area contributed by atoms with Gasteiger partial charge in [0, 0.05) is 0 Å². The van der Waals surface area contributed by atoms with Crippen LogP contribution in [0.25, 0.3) is 0 Å². The molecule has 1 nitrogen and oxygen atoms in total. The third-order valence-corrected chi connectivity index (χ3v) is 2.59. The SMILES string of the molecule is C=CC[N+](CC)(CC)CC=CC.[Cl-]. The monoisotopic (exact) mass is 203 g/mol. The Morgan fingerprint density at radius 1 is 1.15 bits per heavy atom. The zero-order chi connectivity index (χ0) is 9.45. The molecule has 0 fully saturated rings. The summed E-state index contributed by atoms with van der Waals surface area (Å²) in [5, 5.41) is 0. The summed E-state index contributed by atoms with van der Waals surface area (Å²) in [6.45, 7) is 15.0. The highest BCUT2D eigenvalue weighted by Crippen LogP contribution is 2.06. The second-order valence-electron chi connectivity index (χ2n) is 3.20. The molecule has 0 aromatic carbocycles. The van der Waals surface area contributed by atoms with E-state index in [0.29, 0.717) is 0 Å². The lowest BCUT2D eigenvalue weighted by Crippen LogP contribution is -3.00. The van der Waals surface area contributed by atoms with Crippen LogP contribution in [0.3, 0.4) is 0 Å². The molecule has 2 heteroatoms. The van der Waals surface area contributed by atoms with Crippen molar-refractivity contribution >= 4 is 0 Å². The molecule has 0 aliphatic carbocycles. The Morgan fingerprint density at radius 3 is 2.00 bits per heavy atom. The first-order valence-electron chi connectivity index (χ1n) is 4.81. The maximum absolute atomic E-state index is 3.81. The number of likely N-dealkylation sites (N-methyl/N-ethyl adjacent to an activating group) is 1. The summed E-state index contributed by atoms with van der Waals surface area (Å²) < 4.78 is 1.13. The zero-order valence-electron chi connectivity index (χ0n) is 9.09. The predicted molar refractivity (Wildman–Crippen MR) is 56.1 cm³/mol. The molecular formula is C11H22ClN. The molecule has 0 unspecified atom stereocenters. The highest BCUT2D eigenvalue weighted by molar-refractivity contribution is 4.78. The lowest BCUT2D eigenvalue weighted by atomic mass is 10.3. The summed E-state index contributed by atoms with van der Waals surface area (Å²) in [6, 6.07) is 0. The van der Waals surface area contributed by atoms with Crippen molar-refractivity contribution in [2.45, 2.75) is 20.8 Å². The first-order valence-corrected chi connectivity index (χ1v) is 4.81. The van der Waals surface area contributed by atoms with Crippen molar-refractivity contribution in [2.75, 3.05) is 26.2 Å². The molecular weight excluding hydrogens is 182 g/mol. The summed E-state index contributed by atoms with van der Waals surface area (Å²) in [7, 11) is 0. The van der Waals surface area contributed by atoms with Crippen LogP contribution in [0, 0.1) is 0 Å². The Bertz CT molecular complexity index is 148. The minimum Gasteiger partial charge on any atom is -1.00 e. The van der Waals surface area contributed by atoms with Gasteiger partial charge in [-0.15, -0.1) is 0 Å². The smallest absolute Gasteiger partial charge is 0.0975 e. The van der Waals surface area contributed by atoms with Crippen molar-refractivity contribution in [1.82, 2.24) is 0 Å². The van der Waals surface area contributed by atoms with Crippen molar-refractivity contribution in [3.8, 4) is 0 Å². The minimum atomic E-state index is 0. The molecule has 13 heavy (non-hydrogen) atoms. The highest BCUT2D eigenvalue weighted by atomic mass is 35.5. The number of nitrogens with zero attached hydrogens (tertiary/aromatic N) is 1. The van der Waals surface area contributed by atoms with Crippen molar-refractivity contribution in [1.29, 1.82) is 0 Å². The Kier molecular flexibility index (Phi) is 9.75. The minimum absolute atomic E-state index is 0. The quantitative estimate of drug-likeness (QED) is 0.408. The van der Waals surface area contributed by atoms with Gasteiger partial charge in [-0.2, -0.15) is 0 Å². The average molecular weight is 204 g/mol. The van der Waals surface area contributed by atoms with Crippen LogP contribution < -0.4 is 12.4 Å². The average Bonchev–Trinajstić information content (AvgIpc) is 2.13. The molecule has 0 aliphatic rings. The number of rotatable bonds is 6. The maximum atomic E-state index is 3.81. The van der Waals surface area contributed by atoms with E-state index in [1.165, 1.54) is 13.1 Å². The van der Waals surface area contributed by atoms with Gasteiger partial charge in [-0.05, 0) is 32.9 Å². The van der Waals surface area contributed by atoms with Gasteiger partial charge in [-0.1, -0.05) is 12.7 Å². The molecule has 0 aliphatic heterocycles. The number of hydrogen-bond donors (Lipinski definition) is 0. The normalized spacial score (nSPS) is 11.3. The van der Waals surface area contributed by atoms with Crippen LogP contribution in [0.5, 0.6) is 0 Å². The molecule has 0 radical (unpaired) electrons. The summed E-state index contributed by atoms with van der Waals surface area (Å²) in [6.07, 6.45) is 6.40. The van der Waals surface area contributed by atoms with Crippen LogP contribution in [-0.2, 0) is 0 Å². The molecule has 78 valence electrons. The van der Waals surface area contributed by atoms with Gasteiger partial charge in [0.15, 0.2) is 0 Å². The van der Waals surface area contributed by atoms with E-state index in [-0.39, 0.29) is 12.4 Å². The molecule has 0 heterocycles. The van der Waals surface area contributed by atoms with Crippen LogP contribution in [0.4, 0.5) is 0 Å². The zero-order valence-corrected chi connectivity index (χ0v) is 9.85. The maximum Gasteiger partial charge on any atom is 0.0975 e. The van der Waals surface area contributed by atoms with E-state index < -0.39 is 0 Å². The van der Waals surface area contributed by atoms with Crippen molar-refractivity contribution in [3.05, 3.63) is 24.8 Å². The largest absolute Gasteiger partial charge is 1.00 e. The second kappa shape index (κ2) is 8.33. The summed E-state index contributed by atoms with van der Waals surface area (Å²) >= 11 is 0. The van der Waals surface area contributed by atoms with E-state index in [0.717, 1.165) is 17.6 Å². The van der Waals surface area contributed by atoms with Gasteiger partial charge in [0.2, 0.25) is 0 Å². The second-order valence-corrected chi connectivity index (χ2v) is 3.20. The fourth-order valence-corrected chi connectivity index (χ4v) is 1.42. The van der Waals surface area contributed by atoms with Gasteiger partial charge in [-0.3, -0.25) is 0 Å². The first-order chi connectivity index (χ1) is 5.74. The predicted octanol–water partition coefficient (Wildman–Crippen LogP) is -0.391. The van der Waals surface area contributed by atoms with E-state index in [2.05, 4.69) is 39.5 Å². The fourth-order valence-electron chi connectivity index (χ4n) is 1.42. The summed E-state index contributed by atoms with van der Waals surface area (Å²) in [5.74, 6) is 0. The van der Waals surface area contributed by atoms with E-state index >= 15 is 0 Å². The van der Waals surface area contributed by atoms with Crippen LogP contribution in [-0.4, -0.2) is 30.7 Å². The van der Waals surface area contributed by atoms with Crippen molar-refractivity contribution in [3.63, 3.8) is 0 Å². The molecule has 0 saturated carbocycles. The van der Waals surface area contributed by atoms with Crippen molar-refractivity contribution in [2.24, 2.45) is 0 Å². The van der Waals surface area contributed by atoms with Crippen LogP contribution in [0.1, 0.15) is 20.8 Å². The molecule has 0 amide bonds. The van der Waals surface area contributed by atoms with Gasteiger partial charge in [0.05, 0.1) is 26.2 Å². The number of halogens is 1. The van der Waals surface area contributed by atoms with Crippen molar-refractivity contribution < 1.29 is 16.9 Å². The Balaban J connectivity index is 0. The third-order valence-electron chi connectivity index (χ3n) is 2.59. The van der Waals surface area contributed by atoms with Crippen LogP contribution in [0.2, 0.25) is 0 Å². The standard InChI is InChI=1S/C11H22N.ClH/c1-5-9-11-12(7-3,8-4)10-6-2;/h5-6,9H,2,7-8,10-11H2,1,3-4H3;1H/q+1;/p-1. The Morgan fingerprint density at radius 2 is 1.69 bits per heavy atom. The topological polar surface area (TPSA) is 0 Å².